The molecule has 0 unspecified atom stereocenters. The van der Waals surface area contributed by atoms with Crippen LogP contribution in [0.3, 0.4) is 0 Å². The first-order valence-corrected chi connectivity index (χ1v) is 4.38. The van der Waals surface area contributed by atoms with Gasteiger partial charge in [0.25, 0.3) is 0 Å². The topological polar surface area (TPSA) is 0 Å². The average Bonchev–Trinajstić information content (AvgIpc) is 2.01. The van der Waals surface area contributed by atoms with Crippen LogP contribution in [0.25, 0.3) is 0 Å². The fourth-order valence-corrected chi connectivity index (χ4v) is 1.48. The van der Waals surface area contributed by atoms with Crippen LogP contribution in [0.2, 0.25) is 19.0 Å². The van der Waals surface area contributed by atoms with Crippen LogP contribution in [0.1, 0.15) is 27.7 Å². The molecule has 0 aromatic rings. The molecule has 2 heteroatoms. The minimum Gasteiger partial charge on any atom is -0.315 e. The average molecular weight is 160 g/mol. The van der Waals surface area contributed by atoms with E-state index in [1.807, 2.05) is 6.92 Å². The van der Waals surface area contributed by atoms with Gasteiger partial charge in [-0.1, -0.05) is 20.8 Å². The summed E-state index contributed by atoms with van der Waals surface area (Å²) < 4.78 is 0. The molecule has 58 valence electrons. The second kappa shape index (κ2) is 7.28. The van der Waals surface area contributed by atoms with Crippen LogP contribution >= 0.6 is 0 Å². The van der Waals surface area contributed by atoms with Crippen molar-refractivity contribution in [3.05, 3.63) is 0 Å². The molecule has 0 atom stereocenters. The van der Waals surface area contributed by atoms with E-state index in [1.165, 1.54) is 19.0 Å². The second-order valence-corrected chi connectivity index (χ2v) is 3.10. The molecule has 0 N–H and O–H groups in total. The van der Waals surface area contributed by atoms with Crippen LogP contribution in [0.15, 0.2) is 0 Å². The Morgan fingerprint density at radius 3 is 1.45 bits per heavy atom. The van der Waals surface area contributed by atoms with Gasteiger partial charge in [0.15, 0.2) is 0 Å². The molecule has 0 aliphatic rings. The Kier molecular flexibility index (Phi) is 9.38. The van der Waals surface area contributed by atoms with Gasteiger partial charge in [0.2, 0.25) is 0 Å². The Bertz CT molecular complexity index is 131. The van der Waals surface area contributed by atoms with E-state index in [1.54, 1.807) is 0 Å². The third-order valence-electron chi connectivity index (χ3n) is 2.79. The molecule has 0 saturated carbocycles. The first kappa shape index (κ1) is 14.2. The molecular weight excluding hydrogens is 142 g/mol. The monoisotopic (exact) mass is 160 g/mol. The summed E-state index contributed by atoms with van der Waals surface area (Å²) >= 11 is 0. The molecule has 0 aliphatic heterocycles. The molecule has 0 amide bonds. The molecule has 0 aromatic carbocycles. The minimum absolute atomic E-state index is 0. The summed E-state index contributed by atoms with van der Waals surface area (Å²) in [5.74, 6) is 6.40. The predicted octanol–water partition coefficient (Wildman–Crippen LogP) is 0.0614. The largest absolute Gasteiger partial charge is 1.00 e. The van der Waals surface area contributed by atoms with Crippen LogP contribution in [0.5, 0.6) is 0 Å². The Hall–Kier alpha value is 0.625. The van der Waals surface area contributed by atoms with Crippen LogP contribution < -0.4 is 29.6 Å². The molecule has 0 aromatic heterocycles. The third-order valence-corrected chi connectivity index (χ3v) is 2.79. The summed E-state index contributed by atoms with van der Waals surface area (Å²) in [4.78, 5) is 0. The van der Waals surface area contributed by atoms with Gasteiger partial charge in [-0.15, -0.1) is 0 Å². The zero-order valence-corrected chi connectivity index (χ0v) is 10.7. The van der Waals surface area contributed by atoms with Crippen LogP contribution in [-0.2, 0) is 0 Å². The fraction of sp³-hybridized carbons (Fsp3) is 0.778. The zero-order chi connectivity index (χ0) is 8.04. The summed E-state index contributed by atoms with van der Waals surface area (Å²) in [5.41, 5.74) is 0. The predicted molar refractivity (Wildman–Crippen MR) is 50.6 cm³/mol. The third kappa shape index (κ3) is 4.26. The Morgan fingerprint density at radius 1 is 1.00 bits per heavy atom. The van der Waals surface area contributed by atoms with E-state index >= 15 is 0 Å². The number of hydrogen-bond donors (Lipinski definition) is 0. The van der Waals surface area contributed by atoms with Crippen molar-refractivity contribution >= 4 is 6.15 Å². The van der Waals surface area contributed by atoms with Crippen molar-refractivity contribution in [3.8, 4) is 11.7 Å². The van der Waals surface area contributed by atoms with E-state index in [9.17, 15) is 0 Å². The van der Waals surface area contributed by atoms with Crippen LogP contribution in [0, 0.1) is 11.7 Å². The molecular formula is C9H18BNa. The molecule has 0 bridgehead atoms. The number of hydrogen-bond acceptors (Lipinski definition) is 0. The van der Waals surface area contributed by atoms with Gasteiger partial charge < -0.3 is 5.82 Å². The van der Waals surface area contributed by atoms with Crippen LogP contribution in [0.4, 0.5) is 0 Å². The Labute approximate surface area is 93.7 Å². The van der Waals surface area contributed by atoms with E-state index in [2.05, 4.69) is 32.5 Å². The Morgan fingerprint density at radius 2 is 1.36 bits per heavy atom. The van der Waals surface area contributed by atoms with E-state index in [0.717, 1.165) is 0 Å². The molecule has 0 fully saturated rings. The van der Waals surface area contributed by atoms with Crippen LogP contribution in [-0.4, -0.2) is 6.15 Å². The summed E-state index contributed by atoms with van der Waals surface area (Å²) in [7, 11) is 0. The molecule has 0 rings (SSSR count). The molecule has 0 radical (unpaired) electrons. The van der Waals surface area contributed by atoms with Crippen molar-refractivity contribution in [2.75, 3.05) is 0 Å². The normalized spacial score (nSPS) is 9.45. The molecule has 0 saturated heterocycles. The number of rotatable bonds is 3. The summed E-state index contributed by atoms with van der Waals surface area (Å²) in [6.45, 7) is 8.68. The van der Waals surface area contributed by atoms with Gasteiger partial charge in [-0.05, 0) is 6.92 Å². The smallest absolute Gasteiger partial charge is 0.315 e. The fourth-order valence-electron chi connectivity index (χ4n) is 1.48. The van der Waals surface area contributed by atoms with Crippen molar-refractivity contribution < 1.29 is 29.6 Å². The van der Waals surface area contributed by atoms with Crippen molar-refractivity contribution in [1.29, 1.82) is 0 Å². The second-order valence-electron chi connectivity index (χ2n) is 3.10. The molecule has 11 heavy (non-hydrogen) atoms. The first-order valence-electron chi connectivity index (χ1n) is 4.38. The van der Waals surface area contributed by atoms with Gasteiger partial charge in [-0.2, -0.15) is 24.9 Å². The SMILES string of the molecule is CC#C[B-](CC)(CC)CC.[Na+]. The summed E-state index contributed by atoms with van der Waals surface area (Å²) in [5, 5.41) is 0. The standard InChI is InChI=1S/C9H18B.Na/c1-5-9-10(6-2,7-3)8-4;/h6-8H2,1-4H3;/q-1;+1. The van der Waals surface area contributed by atoms with E-state index in [0.29, 0.717) is 0 Å². The van der Waals surface area contributed by atoms with Gasteiger partial charge in [0, 0.05) is 0 Å². The molecule has 0 heterocycles. The Balaban J connectivity index is 0. The minimum atomic E-state index is -0.312. The van der Waals surface area contributed by atoms with Gasteiger partial charge >= 0.3 is 29.6 Å². The van der Waals surface area contributed by atoms with Gasteiger partial charge in [-0.25, -0.2) is 0 Å². The quantitative estimate of drug-likeness (QED) is 0.404. The van der Waals surface area contributed by atoms with Gasteiger partial charge in [0.1, 0.15) is 0 Å². The van der Waals surface area contributed by atoms with Crippen molar-refractivity contribution in [2.24, 2.45) is 0 Å². The molecule has 0 nitrogen and oxygen atoms in total. The van der Waals surface area contributed by atoms with Gasteiger partial charge in [-0.3, -0.25) is 0 Å². The van der Waals surface area contributed by atoms with Crippen molar-refractivity contribution in [2.45, 2.75) is 46.7 Å². The maximum absolute atomic E-state index is 3.36. The zero-order valence-electron chi connectivity index (χ0n) is 8.70. The van der Waals surface area contributed by atoms with Crippen molar-refractivity contribution in [3.63, 3.8) is 0 Å². The molecule has 0 spiro atoms. The van der Waals surface area contributed by atoms with E-state index in [-0.39, 0.29) is 35.7 Å². The first-order chi connectivity index (χ1) is 4.74. The van der Waals surface area contributed by atoms with Crippen molar-refractivity contribution in [1.82, 2.24) is 0 Å². The summed E-state index contributed by atoms with van der Waals surface area (Å²) in [6, 6.07) is 0. The van der Waals surface area contributed by atoms with Gasteiger partial charge in [0.05, 0.1) is 6.15 Å². The maximum Gasteiger partial charge on any atom is 1.00 e. The maximum atomic E-state index is 3.36. The summed E-state index contributed by atoms with van der Waals surface area (Å²) in [6.07, 6.45) is 3.42. The molecule has 0 aliphatic carbocycles. The van der Waals surface area contributed by atoms with E-state index < -0.39 is 0 Å². The van der Waals surface area contributed by atoms with E-state index in [4.69, 9.17) is 0 Å².